The summed E-state index contributed by atoms with van der Waals surface area (Å²) in [7, 11) is 0. The van der Waals surface area contributed by atoms with Crippen molar-refractivity contribution in [3.05, 3.63) is 56.2 Å². The molecule has 1 aromatic carbocycles. The molecule has 0 aliphatic carbocycles. The van der Waals surface area contributed by atoms with E-state index >= 15 is 0 Å². The zero-order chi connectivity index (χ0) is 14.0. The summed E-state index contributed by atoms with van der Waals surface area (Å²) in [6, 6.07) is 6.08. The Morgan fingerprint density at radius 2 is 1.74 bits per heavy atom. The maximum Gasteiger partial charge on any atom is 0.258 e. The van der Waals surface area contributed by atoms with Crippen LogP contribution in [0.25, 0.3) is 0 Å². The number of anilines is 1. The van der Waals surface area contributed by atoms with Crippen LogP contribution in [0.3, 0.4) is 0 Å². The summed E-state index contributed by atoms with van der Waals surface area (Å²) >= 11 is 23.5. The van der Waals surface area contributed by atoms with Crippen molar-refractivity contribution < 1.29 is 4.79 Å². The highest BCUT2D eigenvalue weighted by Gasteiger charge is 2.13. The number of aromatic nitrogens is 1. The topological polar surface area (TPSA) is 42.0 Å². The van der Waals surface area contributed by atoms with Crippen LogP contribution < -0.4 is 5.32 Å². The van der Waals surface area contributed by atoms with Gasteiger partial charge in [0, 0.05) is 6.20 Å². The third kappa shape index (κ3) is 3.31. The van der Waals surface area contributed by atoms with E-state index in [0.717, 1.165) is 0 Å². The number of halogens is 4. The van der Waals surface area contributed by atoms with Gasteiger partial charge >= 0.3 is 0 Å². The number of amides is 1. The lowest BCUT2D eigenvalue weighted by Crippen LogP contribution is -2.13. The lowest BCUT2D eigenvalue weighted by atomic mass is 10.2. The molecule has 0 saturated carbocycles. The van der Waals surface area contributed by atoms with Crippen molar-refractivity contribution in [2.24, 2.45) is 0 Å². The number of carbonyl (C=O) groups excluding carboxylic acids is 1. The molecule has 1 heterocycles. The Balaban J connectivity index is 2.30. The van der Waals surface area contributed by atoms with E-state index in [2.05, 4.69) is 10.3 Å². The second-order valence-electron chi connectivity index (χ2n) is 3.54. The van der Waals surface area contributed by atoms with Gasteiger partial charge in [-0.3, -0.25) is 4.79 Å². The summed E-state index contributed by atoms with van der Waals surface area (Å²) in [5.74, 6) is -0.432. The molecular weight excluding hydrogens is 330 g/mol. The summed E-state index contributed by atoms with van der Waals surface area (Å²) in [5, 5.41) is 3.58. The molecule has 19 heavy (non-hydrogen) atoms. The first-order chi connectivity index (χ1) is 8.99. The Morgan fingerprint density at radius 3 is 2.42 bits per heavy atom. The quantitative estimate of drug-likeness (QED) is 0.623. The van der Waals surface area contributed by atoms with Gasteiger partial charge in [-0.25, -0.2) is 4.98 Å². The van der Waals surface area contributed by atoms with Crippen molar-refractivity contribution in [3.8, 4) is 0 Å². The normalized spacial score (nSPS) is 10.3. The Kier molecular flexibility index (Phi) is 4.53. The highest BCUT2D eigenvalue weighted by molar-refractivity contribution is 6.44. The maximum absolute atomic E-state index is 12.0. The summed E-state index contributed by atoms with van der Waals surface area (Å²) in [6.45, 7) is 0. The van der Waals surface area contributed by atoms with Crippen LogP contribution in [0.1, 0.15) is 10.4 Å². The van der Waals surface area contributed by atoms with Crippen molar-refractivity contribution in [1.29, 1.82) is 0 Å². The van der Waals surface area contributed by atoms with Gasteiger partial charge in [0.1, 0.15) is 5.15 Å². The van der Waals surface area contributed by atoms with Gasteiger partial charge in [0.15, 0.2) is 0 Å². The number of carbonyl (C=O) groups is 1. The van der Waals surface area contributed by atoms with Crippen LogP contribution in [0.4, 0.5) is 5.69 Å². The molecule has 1 aromatic heterocycles. The van der Waals surface area contributed by atoms with E-state index in [-0.39, 0.29) is 15.7 Å². The summed E-state index contributed by atoms with van der Waals surface area (Å²) in [5.41, 5.74) is 0.590. The van der Waals surface area contributed by atoms with Gasteiger partial charge in [-0.15, -0.1) is 0 Å². The van der Waals surface area contributed by atoms with Crippen molar-refractivity contribution in [2.75, 3.05) is 5.32 Å². The molecule has 0 spiro atoms. The number of nitrogens with one attached hydrogen (secondary N) is 1. The van der Waals surface area contributed by atoms with Gasteiger partial charge in [0.05, 0.1) is 26.3 Å². The lowest BCUT2D eigenvalue weighted by Gasteiger charge is -2.09. The SMILES string of the molecule is O=C(Nc1cc(Cl)c(Cl)cc1Cl)c1cccnc1Cl. The molecule has 2 rings (SSSR count). The number of hydrogen-bond acceptors (Lipinski definition) is 2. The van der Waals surface area contributed by atoms with Crippen LogP contribution in [-0.2, 0) is 0 Å². The summed E-state index contributed by atoms with van der Waals surface area (Å²) < 4.78 is 0. The van der Waals surface area contributed by atoms with Crippen LogP contribution in [0, 0.1) is 0 Å². The second-order valence-corrected chi connectivity index (χ2v) is 5.12. The Bertz CT molecular complexity index is 646. The Labute approximate surface area is 129 Å². The molecule has 2 aromatic rings. The average molecular weight is 336 g/mol. The van der Waals surface area contributed by atoms with Crippen LogP contribution in [0.2, 0.25) is 20.2 Å². The van der Waals surface area contributed by atoms with Crippen LogP contribution in [0.5, 0.6) is 0 Å². The monoisotopic (exact) mass is 334 g/mol. The minimum absolute atomic E-state index is 0.108. The zero-order valence-electron chi connectivity index (χ0n) is 9.25. The van der Waals surface area contributed by atoms with Gasteiger partial charge in [-0.05, 0) is 24.3 Å². The Morgan fingerprint density at radius 1 is 1.05 bits per heavy atom. The van der Waals surface area contributed by atoms with Gasteiger partial charge < -0.3 is 5.32 Å². The molecule has 0 radical (unpaired) electrons. The van der Waals surface area contributed by atoms with E-state index < -0.39 is 5.91 Å². The zero-order valence-corrected chi connectivity index (χ0v) is 12.3. The highest BCUT2D eigenvalue weighted by Crippen LogP contribution is 2.32. The van der Waals surface area contributed by atoms with Crippen LogP contribution in [-0.4, -0.2) is 10.9 Å². The smallest absolute Gasteiger partial charge is 0.258 e. The molecule has 98 valence electrons. The van der Waals surface area contributed by atoms with Crippen LogP contribution >= 0.6 is 46.4 Å². The number of rotatable bonds is 2. The molecule has 0 fully saturated rings. The number of benzene rings is 1. The van der Waals surface area contributed by atoms with Gasteiger partial charge in [0.25, 0.3) is 5.91 Å². The average Bonchev–Trinajstić information content (AvgIpc) is 2.36. The third-order valence-electron chi connectivity index (χ3n) is 2.26. The van der Waals surface area contributed by atoms with E-state index in [0.29, 0.717) is 15.7 Å². The fourth-order valence-corrected chi connectivity index (χ4v) is 2.16. The van der Waals surface area contributed by atoms with Crippen LogP contribution in [0.15, 0.2) is 30.5 Å². The molecule has 1 amide bonds. The molecule has 0 bridgehead atoms. The maximum atomic E-state index is 12.0. The fourth-order valence-electron chi connectivity index (χ4n) is 1.36. The molecule has 0 aliphatic rings. The van der Waals surface area contributed by atoms with Crippen molar-refractivity contribution in [3.63, 3.8) is 0 Å². The predicted molar refractivity (Wildman–Crippen MR) is 78.7 cm³/mol. The highest BCUT2D eigenvalue weighted by atomic mass is 35.5. The molecule has 7 heteroatoms. The lowest BCUT2D eigenvalue weighted by molar-refractivity contribution is 0.102. The second kappa shape index (κ2) is 5.97. The van der Waals surface area contributed by atoms with E-state index in [9.17, 15) is 4.79 Å². The number of nitrogens with zero attached hydrogens (tertiary/aromatic N) is 1. The summed E-state index contributed by atoms with van der Waals surface area (Å²) in [6.07, 6.45) is 1.49. The first-order valence-electron chi connectivity index (χ1n) is 5.05. The predicted octanol–water partition coefficient (Wildman–Crippen LogP) is 4.95. The molecule has 0 atom stereocenters. The minimum Gasteiger partial charge on any atom is -0.320 e. The molecule has 0 saturated heterocycles. The summed E-state index contributed by atoms with van der Waals surface area (Å²) in [4.78, 5) is 15.8. The molecule has 0 aliphatic heterocycles. The van der Waals surface area contributed by atoms with Gasteiger partial charge in [-0.2, -0.15) is 0 Å². The Hall–Kier alpha value is -1.00. The number of pyridine rings is 1. The third-order valence-corrected chi connectivity index (χ3v) is 3.60. The van der Waals surface area contributed by atoms with Gasteiger partial charge in [-0.1, -0.05) is 46.4 Å². The van der Waals surface area contributed by atoms with E-state index in [4.69, 9.17) is 46.4 Å². The first kappa shape index (κ1) is 14.4. The van der Waals surface area contributed by atoms with E-state index in [1.165, 1.54) is 18.3 Å². The fraction of sp³-hybridized carbons (Fsp3) is 0. The molecule has 0 unspecified atom stereocenters. The van der Waals surface area contributed by atoms with Crippen molar-refractivity contribution in [2.45, 2.75) is 0 Å². The molecule has 3 nitrogen and oxygen atoms in total. The van der Waals surface area contributed by atoms with Crippen molar-refractivity contribution >= 4 is 58.0 Å². The largest absolute Gasteiger partial charge is 0.320 e. The van der Waals surface area contributed by atoms with E-state index in [1.54, 1.807) is 12.1 Å². The van der Waals surface area contributed by atoms with Gasteiger partial charge in [0.2, 0.25) is 0 Å². The standard InChI is InChI=1S/C12H6Cl4N2O/c13-7-4-9(15)10(5-8(7)14)18-12(19)6-2-1-3-17-11(6)16/h1-5H,(H,18,19). The van der Waals surface area contributed by atoms with Crippen molar-refractivity contribution in [1.82, 2.24) is 4.98 Å². The number of hydrogen-bond donors (Lipinski definition) is 1. The van der Waals surface area contributed by atoms with E-state index in [1.807, 2.05) is 0 Å². The molecule has 1 N–H and O–H groups in total. The molecular formula is C12H6Cl4N2O. The first-order valence-corrected chi connectivity index (χ1v) is 6.56. The minimum atomic E-state index is -0.432.